The largest absolute Gasteiger partial charge is 0.481 e. The molecule has 0 aliphatic carbocycles. The summed E-state index contributed by atoms with van der Waals surface area (Å²) in [5, 5.41) is 21.5. The van der Waals surface area contributed by atoms with Crippen molar-refractivity contribution in [2.75, 3.05) is 19.6 Å². The molecule has 0 aromatic rings. The maximum Gasteiger partial charge on any atom is 0.317 e. The Morgan fingerprint density at radius 3 is 2.67 bits per heavy atom. The Hall–Kier alpha value is -1.30. The van der Waals surface area contributed by atoms with E-state index in [2.05, 4.69) is 5.32 Å². The van der Waals surface area contributed by atoms with Crippen LogP contribution in [-0.4, -0.2) is 52.3 Å². The van der Waals surface area contributed by atoms with Gasteiger partial charge in [-0.05, 0) is 44.9 Å². The van der Waals surface area contributed by atoms with E-state index in [1.165, 1.54) is 0 Å². The van der Waals surface area contributed by atoms with E-state index < -0.39 is 11.6 Å². The van der Waals surface area contributed by atoms with E-state index >= 15 is 0 Å². The highest BCUT2D eigenvalue weighted by Gasteiger charge is 2.26. The summed E-state index contributed by atoms with van der Waals surface area (Å²) in [5.74, 6) is -0.492. The van der Waals surface area contributed by atoms with Crippen LogP contribution in [0.4, 0.5) is 4.79 Å². The minimum absolute atomic E-state index is 0.0851. The van der Waals surface area contributed by atoms with Gasteiger partial charge in [-0.15, -0.1) is 0 Å². The highest BCUT2D eigenvalue weighted by molar-refractivity contribution is 5.74. The maximum absolute atomic E-state index is 12.0. The number of hydrogen-bond acceptors (Lipinski definition) is 3. The summed E-state index contributed by atoms with van der Waals surface area (Å²) in [6, 6.07) is -0.0851. The zero-order valence-corrected chi connectivity index (χ0v) is 13.1. The SMILES string of the molecule is CC(CCNC(=O)N1CCCC(C)(O)CC1)CCC(=O)O. The number of aliphatic carboxylic acids is 1. The Bertz CT molecular complexity index is 358. The summed E-state index contributed by atoms with van der Waals surface area (Å²) < 4.78 is 0. The topological polar surface area (TPSA) is 89.9 Å². The molecule has 0 spiro atoms. The van der Waals surface area contributed by atoms with Crippen LogP contribution >= 0.6 is 0 Å². The van der Waals surface area contributed by atoms with Crippen molar-refractivity contribution in [2.45, 2.75) is 58.0 Å². The van der Waals surface area contributed by atoms with Crippen LogP contribution in [0, 0.1) is 5.92 Å². The van der Waals surface area contributed by atoms with Crippen molar-refractivity contribution in [3.8, 4) is 0 Å². The number of rotatable bonds is 6. The first kappa shape index (κ1) is 17.8. The molecule has 122 valence electrons. The van der Waals surface area contributed by atoms with Crippen molar-refractivity contribution >= 4 is 12.0 Å². The normalized spacial score (nSPS) is 24.2. The molecule has 2 unspecified atom stereocenters. The third kappa shape index (κ3) is 7.32. The lowest BCUT2D eigenvalue weighted by Gasteiger charge is -2.23. The molecular weight excluding hydrogens is 272 g/mol. The van der Waals surface area contributed by atoms with Gasteiger partial charge in [0.15, 0.2) is 0 Å². The van der Waals surface area contributed by atoms with E-state index in [0.717, 1.165) is 19.3 Å². The van der Waals surface area contributed by atoms with Gasteiger partial charge < -0.3 is 20.4 Å². The molecule has 1 aliphatic heterocycles. The average molecular weight is 300 g/mol. The molecule has 0 radical (unpaired) electrons. The van der Waals surface area contributed by atoms with Gasteiger partial charge in [0.05, 0.1) is 5.60 Å². The summed E-state index contributed by atoms with van der Waals surface area (Å²) in [7, 11) is 0. The van der Waals surface area contributed by atoms with E-state index in [4.69, 9.17) is 5.11 Å². The fourth-order valence-corrected chi connectivity index (χ4v) is 2.52. The first-order chi connectivity index (χ1) is 9.80. The minimum atomic E-state index is -0.775. The molecular formula is C15H28N2O4. The number of carbonyl (C=O) groups excluding carboxylic acids is 1. The number of likely N-dealkylation sites (tertiary alicyclic amines) is 1. The molecule has 0 aromatic carbocycles. The lowest BCUT2D eigenvalue weighted by Crippen LogP contribution is -2.41. The van der Waals surface area contributed by atoms with Crippen molar-refractivity contribution in [2.24, 2.45) is 5.92 Å². The molecule has 1 saturated heterocycles. The number of carboxylic acids is 1. The van der Waals surface area contributed by atoms with Gasteiger partial charge in [0.25, 0.3) is 0 Å². The molecule has 21 heavy (non-hydrogen) atoms. The molecule has 0 saturated carbocycles. The lowest BCUT2D eigenvalue weighted by molar-refractivity contribution is -0.137. The van der Waals surface area contributed by atoms with E-state index in [9.17, 15) is 14.7 Å². The Morgan fingerprint density at radius 2 is 2.00 bits per heavy atom. The van der Waals surface area contributed by atoms with Crippen LogP contribution in [0.5, 0.6) is 0 Å². The Balaban J connectivity index is 2.22. The van der Waals surface area contributed by atoms with Crippen molar-refractivity contribution in [1.29, 1.82) is 0 Å². The maximum atomic E-state index is 12.0. The first-order valence-electron chi connectivity index (χ1n) is 7.77. The van der Waals surface area contributed by atoms with Crippen LogP contribution in [0.25, 0.3) is 0 Å². The fraction of sp³-hybridized carbons (Fsp3) is 0.867. The number of amides is 2. The van der Waals surface area contributed by atoms with Crippen LogP contribution in [0.2, 0.25) is 0 Å². The van der Waals surface area contributed by atoms with Gasteiger partial charge >= 0.3 is 12.0 Å². The molecule has 1 aliphatic rings. The molecule has 3 N–H and O–H groups in total. The zero-order chi connectivity index (χ0) is 15.9. The fourth-order valence-electron chi connectivity index (χ4n) is 2.52. The van der Waals surface area contributed by atoms with Crippen LogP contribution in [0.15, 0.2) is 0 Å². The van der Waals surface area contributed by atoms with Crippen LogP contribution in [0.3, 0.4) is 0 Å². The number of hydrogen-bond donors (Lipinski definition) is 3. The van der Waals surface area contributed by atoms with E-state index in [-0.39, 0.29) is 18.4 Å². The predicted molar refractivity (Wildman–Crippen MR) is 80.1 cm³/mol. The molecule has 1 rings (SSSR count). The smallest absolute Gasteiger partial charge is 0.317 e. The van der Waals surface area contributed by atoms with Gasteiger partial charge in [-0.25, -0.2) is 4.79 Å². The van der Waals surface area contributed by atoms with Gasteiger partial charge in [-0.1, -0.05) is 6.92 Å². The minimum Gasteiger partial charge on any atom is -0.481 e. The number of nitrogens with zero attached hydrogens (tertiary/aromatic N) is 1. The first-order valence-corrected chi connectivity index (χ1v) is 7.77. The number of aliphatic hydroxyl groups is 1. The van der Waals surface area contributed by atoms with Gasteiger partial charge in [0.1, 0.15) is 0 Å². The summed E-state index contributed by atoms with van der Waals surface area (Å²) in [6.07, 6.45) is 3.74. The molecule has 6 heteroatoms. The third-order valence-corrected chi connectivity index (χ3v) is 4.12. The molecule has 0 bridgehead atoms. The predicted octanol–water partition coefficient (Wildman–Crippen LogP) is 1.82. The quantitative estimate of drug-likeness (QED) is 0.698. The summed E-state index contributed by atoms with van der Waals surface area (Å²) in [6.45, 7) is 5.63. The molecule has 1 heterocycles. The van der Waals surface area contributed by atoms with Crippen LogP contribution in [-0.2, 0) is 4.79 Å². The molecule has 6 nitrogen and oxygen atoms in total. The van der Waals surface area contributed by atoms with E-state index in [1.54, 1.807) is 4.90 Å². The summed E-state index contributed by atoms with van der Waals surface area (Å²) in [5.41, 5.74) is -0.666. The van der Waals surface area contributed by atoms with Crippen LogP contribution in [0.1, 0.15) is 52.4 Å². The van der Waals surface area contributed by atoms with Crippen molar-refractivity contribution < 1.29 is 19.8 Å². The second kappa shape index (κ2) is 8.22. The summed E-state index contributed by atoms with van der Waals surface area (Å²) >= 11 is 0. The number of carboxylic acid groups (broad SMARTS) is 1. The Kier molecular flexibility index (Phi) is 6.95. The third-order valence-electron chi connectivity index (χ3n) is 4.12. The Morgan fingerprint density at radius 1 is 1.29 bits per heavy atom. The molecule has 0 aromatic heterocycles. The number of carbonyl (C=O) groups is 2. The van der Waals surface area contributed by atoms with Crippen molar-refractivity contribution in [3.05, 3.63) is 0 Å². The monoisotopic (exact) mass is 300 g/mol. The highest BCUT2D eigenvalue weighted by Crippen LogP contribution is 2.21. The zero-order valence-electron chi connectivity index (χ0n) is 13.1. The standard InChI is InChI=1S/C15H28N2O4/c1-12(4-5-13(18)19)6-9-16-14(20)17-10-3-7-15(2,21)8-11-17/h12,21H,3-11H2,1-2H3,(H,16,20)(H,18,19). The second-order valence-electron chi connectivity index (χ2n) is 6.40. The van der Waals surface area contributed by atoms with Gasteiger partial charge in [-0.2, -0.15) is 0 Å². The van der Waals surface area contributed by atoms with Crippen LogP contribution < -0.4 is 5.32 Å². The van der Waals surface area contributed by atoms with Gasteiger partial charge in [-0.3, -0.25) is 4.79 Å². The Labute approximate surface area is 126 Å². The van der Waals surface area contributed by atoms with E-state index in [0.29, 0.717) is 32.5 Å². The molecule has 2 atom stereocenters. The van der Waals surface area contributed by atoms with Gasteiger partial charge in [0, 0.05) is 26.1 Å². The van der Waals surface area contributed by atoms with Crippen molar-refractivity contribution in [1.82, 2.24) is 10.2 Å². The highest BCUT2D eigenvalue weighted by atomic mass is 16.4. The average Bonchev–Trinajstić information content (AvgIpc) is 2.57. The lowest BCUT2D eigenvalue weighted by atomic mass is 9.98. The van der Waals surface area contributed by atoms with Gasteiger partial charge in [0.2, 0.25) is 0 Å². The van der Waals surface area contributed by atoms with E-state index in [1.807, 2.05) is 13.8 Å². The molecule has 1 fully saturated rings. The second-order valence-corrected chi connectivity index (χ2v) is 6.40. The summed E-state index contributed by atoms with van der Waals surface area (Å²) in [4.78, 5) is 24.3. The number of urea groups is 1. The molecule has 2 amide bonds. The number of nitrogens with one attached hydrogen (secondary N) is 1. The van der Waals surface area contributed by atoms with Crippen molar-refractivity contribution in [3.63, 3.8) is 0 Å².